The fourth-order valence-corrected chi connectivity index (χ4v) is 15.8. The second-order valence-electron chi connectivity index (χ2n) is 19.6. The Morgan fingerprint density at radius 3 is 0.838 bits per heavy atom. The molecule has 10 nitrogen and oxygen atoms in total. The van der Waals surface area contributed by atoms with Crippen LogP contribution in [0, 0.1) is 75.6 Å². The molecule has 0 heterocycles. The summed E-state index contributed by atoms with van der Waals surface area (Å²) in [5.74, 6) is -2.69. The van der Waals surface area contributed by atoms with Gasteiger partial charge in [-0.25, -0.2) is 0 Å². The van der Waals surface area contributed by atoms with Gasteiger partial charge in [0.25, 0.3) is 11.4 Å². The molecule has 0 radical (unpaired) electrons. The number of rotatable bonds is 11. The van der Waals surface area contributed by atoms with Crippen molar-refractivity contribution >= 4 is 92.5 Å². The molecule has 0 aromatic heterocycles. The molecule has 0 fully saturated rings. The maximum atomic E-state index is 10.2. The fraction of sp³-hybridized carbons (Fsp3) is 0.121. The largest absolute Gasteiger partial charge is 1.00 e. The minimum Gasteiger partial charge on any atom is -0.545 e. The first-order valence-corrected chi connectivity index (χ1v) is 27.8. The van der Waals surface area contributed by atoms with Gasteiger partial charge in [-0.05, 0) is 171 Å². The van der Waals surface area contributed by atoms with E-state index < -0.39 is 37.6 Å². The van der Waals surface area contributed by atoms with E-state index in [1.807, 2.05) is 0 Å². The van der Waals surface area contributed by atoms with Gasteiger partial charge in [-0.3, -0.25) is 20.2 Å². The maximum Gasteiger partial charge on any atom is 1.00 e. The van der Waals surface area contributed by atoms with Crippen LogP contribution < -0.4 is 42.0 Å². The standard InChI is InChI=1S/C52H48P2.2C7H5NO4.2Au/c1-33-21-34(2)26-43(25-33)53(44-27-35(3)22-36(4)28-44)49-19-17-41-13-9-11-15-47(41)51(49)52-48-16-12-10-14-42(48)18-20-50(52)54(45-29-37(5)23-38(6)30-45)46-31-39(7)24-40(8)32-46;2*9-7(10)5-1-3-6(4-2-5)8(11)12;;/h9-32H,1-8H3;2*1-4H,(H,9,10);;/q;;;2*+1/p-2. The zero-order chi connectivity index (χ0) is 55.9. The molecular weight excluding hydrogens is 1400 g/mol. The smallest absolute Gasteiger partial charge is 0.545 e. The summed E-state index contributed by atoms with van der Waals surface area (Å²) in [5, 5.41) is 54.2. The number of carboxylic acid groups (broad SMARTS) is 2. The van der Waals surface area contributed by atoms with Crippen LogP contribution in [-0.4, -0.2) is 21.8 Å². The molecule has 0 atom stereocenters. The Kier molecular flexibility index (Phi) is 21.2. The van der Waals surface area contributed by atoms with Gasteiger partial charge in [0.15, 0.2) is 0 Å². The van der Waals surface area contributed by atoms with Crippen molar-refractivity contribution < 1.29 is 74.4 Å². The molecule has 410 valence electrons. The van der Waals surface area contributed by atoms with Gasteiger partial charge in [0.05, 0.1) is 21.8 Å². The number of carbonyl (C=O) groups excluding carboxylic acids is 2. The van der Waals surface area contributed by atoms with Crippen molar-refractivity contribution in [1.29, 1.82) is 0 Å². The number of carbonyl (C=O) groups is 2. The Morgan fingerprint density at radius 1 is 0.350 bits per heavy atom. The van der Waals surface area contributed by atoms with E-state index in [0.29, 0.717) is 0 Å². The summed E-state index contributed by atoms with van der Waals surface area (Å²) < 4.78 is 0. The number of benzene rings is 10. The van der Waals surface area contributed by atoms with Crippen LogP contribution in [-0.2, 0) is 44.8 Å². The number of nitro groups is 2. The summed E-state index contributed by atoms with van der Waals surface area (Å²) in [5.41, 5.74) is 12.8. The molecule has 0 saturated heterocycles. The van der Waals surface area contributed by atoms with E-state index >= 15 is 0 Å². The van der Waals surface area contributed by atoms with Gasteiger partial charge in [0.2, 0.25) is 0 Å². The van der Waals surface area contributed by atoms with Crippen LogP contribution in [0.15, 0.2) is 194 Å². The summed E-state index contributed by atoms with van der Waals surface area (Å²) in [6.07, 6.45) is 0. The molecule has 80 heavy (non-hydrogen) atoms. The molecule has 0 aliphatic carbocycles. The van der Waals surface area contributed by atoms with Crippen LogP contribution in [0.3, 0.4) is 0 Å². The number of carboxylic acids is 2. The van der Waals surface area contributed by atoms with Crippen molar-refractivity contribution in [2.45, 2.75) is 55.4 Å². The Bertz CT molecular complexity index is 3440. The zero-order valence-corrected chi connectivity index (χ0v) is 51.3. The van der Waals surface area contributed by atoms with Gasteiger partial charge < -0.3 is 19.8 Å². The van der Waals surface area contributed by atoms with Crippen molar-refractivity contribution in [1.82, 2.24) is 0 Å². The minimum absolute atomic E-state index is 0. The van der Waals surface area contributed by atoms with Crippen LogP contribution in [0.4, 0.5) is 11.4 Å². The van der Waals surface area contributed by atoms with E-state index in [9.17, 15) is 40.0 Å². The third-order valence-electron chi connectivity index (χ3n) is 13.0. The number of nitro benzene ring substituents is 2. The molecular formula is C66H56Au2N2O8P2. The topological polar surface area (TPSA) is 167 Å². The van der Waals surface area contributed by atoms with Crippen LogP contribution >= 0.6 is 15.8 Å². The van der Waals surface area contributed by atoms with Gasteiger partial charge in [0, 0.05) is 24.3 Å². The van der Waals surface area contributed by atoms with Crippen molar-refractivity contribution in [3.63, 3.8) is 0 Å². The second kappa shape index (κ2) is 27.3. The normalized spacial score (nSPS) is 10.7. The average Bonchev–Trinajstić information content (AvgIpc) is 3.59. The molecule has 14 heteroatoms. The zero-order valence-electron chi connectivity index (χ0n) is 45.1. The average molecular weight is 1460 g/mol. The van der Waals surface area contributed by atoms with Crippen molar-refractivity contribution in [3.8, 4) is 11.1 Å². The van der Waals surface area contributed by atoms with Gasteiger partial charge >= 0.3 is 44.8 Å². The molecule has 0 amide bonds. The molecule has 0 aliphatic heterocycles. The SMILES string of the molecule is Cc1cc(C)cc(P(c2cc(C)cc(C)c2)c2ccc3ccccc3c2-c2c(P(c3cc(C)cc(C)c3)c3cc(C)cc(C)c3)ccc3ccccc23)c1.O=C([O-])c1ccc([N+](=O)[O-])cc1.O=C([O-])c1ccc([N+](=O)[O-])cc1.[Au+].[Au+]. The van der Waals surface area contributed by atoms with E-state index in [1.165, 1.54) is 109 Å². The Balaban J connectivity index is 0.000000328. The Morgan fingerprint density at radius 2 is 0.600 bits per heavy atom. The quantitative estimate of drug-likeness (QED) is 0.0534. The van der Waals surface area contributed by atoms with Gasteiger partial charge in [-0.1, -0.05) is 190 Å². The molecule has 0 unspecified atom stereocenters. The van der Waals surface area contributed by atoms with Crippen molar-refractivity contribution in [3.05, 3.63) is 270 Å². The van der Waals surface area contributed by atoms with Crippen LogP contribution in [0.5, 0.6) is 0 Å². The van der Waals surface area contributed by atoms with E-state index in [1.54, 1.807) is 0 Å². The summed E-state index contributed by atoms with van der Waals surface area (Å²) >= 11 is 0. The molecule has 0 bridgehead atoms. The molecule has 10 rings (SSSR count). The monoisotopic (exact) mass is 1460 g/mol. The van der Waals surface area contributed by atoms with Gasteiger partial charge in [-0.2, -0.15) is 0 Å². The van der Waals surface area contributed by atoms with E-state index in [-0.39, 0.29) is 67.3 Å². The number of hydrogen-bond acceptors (Lipinski definition) is 8. The van der Waals surface area contributed by atoms with Crippen molar-refractivity contribution in [2.75, 3.05) is 0 Å². The summed E-state index contributed by atoms with van der Waals surface area (Å²) in [4.78, 5) is 39.5. The minimum atomic E-state index is -1.34. The first kappa shape index (κ1) is 62.0. The first-order chi connectivity index (χ1) is 37.2. The molecule has 0 aliphatic rings. The van der Waals surface area contributed by atoms with E-state index in [0.717, 1.165) is 48.5 Å². The molecule has 10 aromatic rings. The van der Waals surface area contributed by atoms with Crippen LogP contribution in [0.25, 0.3) is 32.7 Å². The molecule has 10 aromatic carbocycles. The van der Waals surface area contributed by atoms with E-state index in [4.69, 9.17) is 0 Å². The third kappa shape index (κ3) is 14.8. The molecule has 0 N–H and O–H groups in total. The number of fused-ring (bicyclic) bond motifs is 2. The first-order valence-electron chi connectivity index (χ1n) is 25.1. The molecule has 0 spiro atoms. The number of hydrogen-bond donors (Lipinski definition) is 0. The number of nitrogens with zero attached hydrogens (tertiary/aromatic N) is 2. The number of non-ortho nitro benzene ring substituents is 2. The third-order valence-corrected chi connectivity index (χ3v) is 17.8. The van der Waals surface area contributed by atoms with Crippen molar-refractivity contribution in [2.24, 2.45) is 0 Å². The Hall–Kier alpha value is -7.20. The number of aryl methyl sites for hydroxylation is 8. The summed E-state index contributed by atoms with van der Waals surface area (Å²) in [6.45, 7) is 18.0. The van der Waals surface area contributed by atoms with E-state index in [2.05, 4.69) is 201 Å². The Labute approximate surface area is 499 Å². The summed E-state index contributed by atoms with van der Waals surface area (Å²) in [6, 6.07) is 65.6. The molecule has 0 saturated carbocycles. The van der Waals surface area contributed by atoms with Gasteiger partial charge in [-0.15, -0.1) is 0 Å². The van der Waals surface area contributed by atoms with Crippen LogP contribution in [0.1, 0.15) is 65.2 Å². The predicted molar refractivity (Wildman–Crippen MR) is 317 cm³/mol. The summed E-state index contributed by atoms with van der Waals surface area (Å²) in [7, 11) is -1.87. The predicted octanol–water partition coefficient (Wildman–Crippen LogP) is 11.6. The van der Waals surface area contributed by atoms with Crippen LogP contribution in [0.2, 0.25) is 0 Å². The number of aromatic carboxylic acids is 2. The fourth-order valence-electron chi connectivity index (χ4n) is 10.0. The maximum absolute atomic E-state index is 10.2. The second-order valence-corrected chi connectivity index (χ2v) is 24.0. The van der Waals surface area contributed by atoms with Gasteiger partial charge in [0.1, 0.15) is 0 Å².